The maximum Gasteiger partial charge on any atom is 0.291 e. The molecule has 0 radical (unpaired) electrons. The zero-order valence-corrected chi connectivity index (χ0v) is 21.7. The van der Waals surface area contributed by atoms with E-state index in [4.69, 9.17) is 9.15 Å². The van der Waals surface area contributed by atoms with E-state index >= 15 is 0 Å². The van der Waals surface area contributed by atoms with Crippen LogP contribution in [-0.4, -0.2) is 57.1 Å². The van der Waals surface area contributed by atoms with Crippen LogP contribution < -0.4 is 20.3 Å². The molecule has 8 nitrogen and oxygen atoms in total. The van der Waals surface area contributed by atoms with Gasteiger partial charge in [-0.2, -0.15) is 0 Å². The molecule has 1 amide bonds. The third-order valence-electron chi connectivity index (χ3n) is 5.64. The number of piperazine rings is 1. The van der Waals surface area contributed by atoms with Gasteiger partial charge in [-0.05, 0) is 54.1 Å². The van der Waals surface area contributed by atoms with Crippen LogP contribution in [0.5, 0.6) is 5.75 Å². The first-order valence-corrected chi connectivity index (χ1v) is 10.9. The molecule has 1 aliphatic heterocycles. The predicted octanol–water partition coefficient (Wildman–Crippen LogP) is 4.06. The largest absolute Gasteiger partial charge is 0.497 e. The Morgan fingerprint density at radius 1 is 1.03 bits per heavy atom. The number of aliphatic imine (C=N–C) groups is 1. The Bertz CT molecular complexity index is 1060. The van der Waals surface area contributed by atoms with Crippen LogP contribution >= 0.6 is 24.0 Å². The van der Waals surface area contributed by atoms with Gasteiger partial charge >= 0.3 is 0 Å². The second kappa shape index (κ2) is 12.3. The van der Waals surface area contributed by atoms with Crippen LogP contribution in [0.1, 0.15) is 16.1 Å². The van der Waals surface area contributed by atoms with Gasteiger partial charge in [0.05, 0.1) is 13.4 Å². The van der Waals surface area contributed by atoms with Crippen molar-refractivity contribution in [3.8, 4) is 5.75 Å². The van der Waals surface area contributed by atoms with Gasteiger partial charge in [-0.1, -0.05) is 12.1 Å². The van der Waals surface area contributed by atoms with Crippen molar-refractivity contribution in [1.82, 2.24) is 10.2 Å². The molecule has 4 rings (SSSR count). The molecule has 2 aromatic carbocycles. The summed E-state index contributed by atoms with van der Waals surface area (Å²) in [6.07, 6.45) is 1.48. The van der Waals surface area contributed by atoms with E-state index in [9.17, 15) is 4.79 Å². The number of carbonyl (C=O) groups excluding carboxylic acids is 1. The molecule has 2 N–H and O–H groups in total. The number of amides is 1. The van der Waals surface area contributed by atoms with Gasteiger partial charge in [0.1, 0.15) is 5.75 Å². The van der Waals surface area contributed by atoms with Crippen LogP contribution in [0.15, 0.2) is 76.3 Å². The Morgan fingerprint density at radius 3 is 2.32 bits per heavy atom. The molecule has 2 heterocycles. The van der Waals surface area contributed by atoms with Gasteiger partial charge in [0.2, 0.25) is 0 Å². The van der Waals surface area contributed by atoms with Crippen molar-refractivity contribution in [1.29, 1.82) is 0 Å². The zero-order valence-electron chi connectivity index (χ0n) is 19.4. The minimum atomic E-state index is -0.264. The van der Waals surface area contributed by atoms with Crippen molar-refractivity contribution >= 4 is 47.2 Å². The highest BCUT2D eigenvalue weighted by Gasteiger charge is 2.20. The van der Waals surface area contributed by atoms with Crippen molar-refractivity contribution in [3.63, 3.8) is 0 Å². The summed E-state index contributed by atoms with van der Waals surface area (Å²) in [7, 11) is 3.49. The maximum atomic E-state index is 12.1. The third kappa shape index (κ3) is 6.43. The van der Waals surface area contributed by atoms with E-state index in [1.54, 1.807) is 19.2 Å². The molecule has 1 aromatic heterocycles. The van der Waals surface area contributed by atoms with E-state index in [-0.39, 0.29) is 35.6 Å². The van der Waals surface area contributed by atoms with E-state index in [2.05, 4.69) is 37.6 Å². The molecule has 0 unspecified atom stereocenters. The number of nitrogens with one attached hydrogen (secondary N) is 2. The standard InChI is InChI=1S/C25H29N5O3.HI/c1-26-25(30-15-13-29(14-16-30)21-9-11-22(32-2)12-10-21)27-18-19-5-7-20(8-6-19)28-24(31)23-4-3-17-33-23;/h3-12,17H,13-16,18H2,1-2H3,(H,26,27)(H,28,31);1H. The molecule has 180 valence electrons. The fraction of sp³-hybridized carbons (Fsp3) is 0.280. The Hall–Kier alpha value is -3.21. The molecule has 0 atom stereocenters. The zero-order chi connectivity index (χ0) is 23.0. The molecule has 0 bridgehead atoms. The molecule has 34 heavy (non-hydrogen) atoms. The summed E-state index contributed by atoms with van der Waals surface area (Å²) in [5, 5.41) is 6.27. The lowest BCUT2D eigenvalue weighted by atomic mass is 10.2. The predicted molar refractivity (Wildman–Crippen MR) is 145 cm³/mol. The van der Waals surface area contributed by atoms with Crippen LogP contribution in [-0.2, 0) is 6.54 Å². The quantitative estimate of drug-likeness (QED) is 0.262. The summed E-state index contributed by atoms with van der Waals surface area (Å²) >= 11 is 0. The van der Waals surface area contributed by atoms with Crippen molar-refractivity contribution in [2.75, 3.05) is 50.6 Å². The molecule has 1 saturated heterocycles. The average Bonchev–Trinajstić information content (AvgIpc) is 3.41. The summed E-state index contributed by atoms with van der Waals surface area (Å²) in [5.74, 6) is 1.78. The first kappa shape index (κ1) is 25.4. The van der Waals surface area contributed by atoms with Crippen LogP contribution in [0.2, 0.25) is 0 Å². The number of carbonyl (C=O) groups is 1. The van der Waals surface area contributed by atoms with Crippen molar-refractivity contribution in [2.45, 2.75) is 6.54 Å². The molecular weight excluding hydrogens is 545 g/mol. The van der Waals surface area contributed by atoms with Crippen LogP contribution in [0.4, 0.5) is 11.4 Å². The molecule has 9 heteroatoms. The first-order chi connectivity index (χ1) is 16.2. The monoisotopic (exact) mass is 575 g/mol. The van der Waals surface area contributed by atoms with E-state index < -0.39 is 0 Å². The summed E-state index contributed by atoms with van der Waals surface area (Å²) in [6, 6.07) is 19.3. The Morgan fingerprint density at radius 2 is 1.74 bits per heavy atom. The van der Waals surface area contributed by atoms with Crippen molar-refractivity contribution in [2.24, 2.45) is 4.99 Å². The minimum Gasteiger partial charge on any atom is -0.497 e. The summed E-state index contributed by atoms with van der Waals surface area (Å²) in [5.41, 5.74) is 3.03. The fourth-order valence-corrected chi connectivity index (χ4v) is 3.79. The normalized spacial score (nSPS) is 13.8. The van der Waals surface area contributed by atoms with Gasteiger partial charge in [0, 0.05) is 51.1 Å². The number of benzene rings is 2. The molecule has 1 fully saturated rings. The number of furan rings is 1. The molecule has 0 saturated carbocycles. The molecular formula is C25H30IN5O3. The third-order valence-corrected chi connectivity index (χ3v) is 5.64. The Labute approximate surface area is 217 Å². The minimum absolute atomic E-state index is 0. The van der Waals surface area contributed by atoms with Gasteiger partial charge < -0.3 is 29.6 Å². The van der Waals surface area contributed by atoms with E-state index in [1.807, 2.05) is 43.4 Å². The van der Waals surface area contributed by atoms with E-state index in [0.717, 1.165) is 49.1 Å². The van der Waals surface area contributed by atoms with Gasteiger partial charge in [0.25, 0.3) is 5.91 Å². The van der Waals surface area contributed by atoms with Crippen LogP contribution in [0.3, 0.4) is 0 Å². The van der Waals surface area contributed by atoms with E-state index in [1.165, 1.54) is 12.0 Å². The van der Waals surface area contributed by atoms with Crippen LogP contribution in [0, 0.1) is 0 Å². The van der Waals surface area contributed by atoms with Gasteiger partial charge in [0.15, 0.2) is 11.7 Å². The maximum absolute atomic E-state index is 12.1. The second-order valence-electron chi connectivity index (χ2n) is 7.70. The van der Waals surface area contributed by atoms with E-state index in [0.29, 0.717) is 6.54 Å². The number of guanidine groups is 1. The second-order valence-corrected chi connectivity index (χ2v) is 7.70. The van der Waals surface area contributed by atoms with Crippen molar-refractivity contribution in [3.05, 3.63) is 78.3 Å². The molecule has 0 spiro atoms. The number of anilines is 2. The van der Waals surface area contributed by atoms with Gasteiger partial charge in [-0.25, -0.2) is 0 Å². The average molecular weight is 575 g/mol. The van der Waals surface area contributed by atoms with Gasteiger partial charge in [-0.15, -0.1) is 24.0 Å². The highest BCUT2D eigenvalue weighted by Crippen LogP contribution is 2.20. The molecule has 1 aliphatic rings. The highest BCUT2D eigenvalue weighted by atomic mass is 127. The number of rotatable bonds is 6. The lowest BCUT2D eigenvalue weighted by Gasteiger charge is -2.37. The summed E-state index contributed by atoms with van der Waals surface area (Å²) in [6.45, 7) is 4.29. The Kier molecular flexibility index (Phi) is 9.20. The van der Waals surface area contributed by atoms with Gasteiger partial charge in [-0.3, -0.25) is 9.79 Å². The molecule has 0 aliphatic carbocycles. The number of halogens is 1. The lowest BCUT2D eigenvalue weighted by Crippen LogP contribution is -2.52. The number of ether oxygens (including phenoxy) is 1. The fourth-order valence-electron chi connectivity index (χ4n) is 3.79. The summed E-state index contributed by atoms with van der Waals surface area (Å²) in [4.78, 5) is 21.2. The highest BCUT2D eigenvalue weighted by molar-refractivity contribution is 14.0. The topological polar surface area (TPSA) is 82.3 Å². The van der Waals surface area contributed by atoms with Crippen LogP contribution in [0.25, 0.3) is 0 Å². The SMILES string of the molecule is CN=C(NCc1ccc(NC(=O)c2ccco2)cc1)N1CCN(c2ccc(OC)cc2)CC1.I. The number of hydrogen-bond acceptors (Lipinski definition) is 5. The lowest BCUT2D eigenvalue weighted by molar-refractivity contribution is 0.0996. The number of nitrogens with zero attached hydrogens (tertiary/aromatic N) is 3. The first-order valence-electron chi connectivity index (χ1n) is 10.9. The smallest absolute Gasteiger partial charge is 0.291 e. The Balaban J connectivity index is 0.00000324. The summed E-state index contributed by atoms with van der Waals surface area (Å²) < 4.78 is 10.4. The number of hydrogen-bond donors (Lipinski definition) is 2. The number of methoxy groups -OCH3 is 1. The van der Waals surface area contributed by atoms with Crippen molar-refractivity contribution < 1.29 is 13.9 Å². The molecule has 3 aromatic rings.